The second-order valence-electron chi connectivity index (χ2n) is 6.18. The molecule has 10 heteroatoms. The largest absolute Gasteiger partial charge is 0.411 e. The van der Waals surface area contributed by atoms with Crippen molar-refractivity contribution in [1.82, 2.24) is 15.2 Å². The number of fused-ring (bicyclic) bond motifs is 1. The number of nitrogens with zero attached hydrogens (tertiary/aromatic N) is 3. The zero-order valence-corrected chi connectivity index (χ0v) is 16.0. The summed E-state index contributed by atoms with van der Waals surface area (Å²) in [6.45, 7) is 1.69. The first-order valence-corrected chi connectivity index (χ1v) is 9.51. The Morgan fingerprint density at radius 3 is 2.90 bits per heavy atom. The standard InChI is InChI=1S/C19H15N5O4S/c1-11(17(25)21-12-5-4-6-13(9-12)24(26)27)29-19-23-22-18(28-19)15-10-20-16-8-3-2-7-14(15)16/h2-11,20H,1H3,(H,21,25). The number of nitrogens with one attached hydrogen (secondary N) is 2. The van der Waals surface area contributed by atoms with Crippen molar-refractivity contribution in [3.05, 3.63) is 64.8 Å². The van der Waals surface area contributed by atoms with Crippen LogP contribution in [0.2, 0.25) is 0 Å². The molecule has 0 bridgehead atoms. The number of hydrogen-bond donors (Lipinski definition) is 2. The van der Waals surface area contributed by atoms with Gasteiger partial charge in [-0.05, 0) is 19.1 Å². The number of para-hydroxylation sites is 1. The van der Waals surface area contributed by atoms with E-state index in [1.54, 1.807) is 19.2 Å². The lowest BCUT2D eigenvalue weighted by molar-refractivity contribution is -0.384. The van der Waals surface area contributed by atoms with E-state index in [9.17, 15) is 14.9 Å². The second kappa shape index (κ2) is 7.76. The lowest BCUT2D eigenvalue weighted by Gasteiger charge is -2.09. The maximum Gasteiger partial charge on any atom is 0.277 e. The number of aromatic nitrogens is 3. The Morgan fingerprint density at radius 2 is 2.07 bits per heavy atom. The minimum absolute atomic E-state index is 0.0941. The molecule has 2 aromatic carbocycles. The minimum Gasteiger partial charge on any atom is -0.411 e. The van der Waals surface area contributed by atoms with Gasteiger partial charge < -0.3 is 14.7 Å². The topological polar surface area (TPSA) is 127 Å². The van der Waals surface area contributed by atoms with Crippen molar-refractivity contribution < 1.29 is 14.1 Å². The summed E-state index contributed by atoms with van der Waals surface area (Å²) in [7, 11) is 0. The molecule has 0 radical (unpaired) electrons. The zero-order chi connectivity index (χ0) is 20.4. The molecule has 0 spiro atoms. The number of hydrogen-bond acceptors (Lipinski definition) is 7. The van der Waals surface area contributed by atoms with E-state index in [1.807, 2.05) is 24.3 Å². The molecule has 0 aliphatic heterocycles. The predicted molar refractivity (Wildman–Crippen MR) is 109 cm³/mol. The molecule has 4 rings (SSSR count). The fourth-order valence-corrected chi connectivity index (χ4v) is 3.44. The molecule has 29 heavy (non-hydrogen) atoms. The first kappa shape index (κ1) is 18.7. The quantitative estimate of drug-likeness (QED) is 0.277. The van der Waals surface area contributed by atoms with Gasteiger partial charge in [-0.3, -0.25) is 14.9 Å². The smallest absolute Gasteiger partial charge is 0.277 e. The summed E-state index contributed by atoms with van der Waals surface area (Å²) in [4.78, 5) is 25.9. The lowest BCUT2D eigenvalue weighted by atomic mass is 10.2. The number of carbonyl (C=O) groups excluding carboxylic acids is 1. The number of nitro benzene ring substituents is 1. The van der Waals surface area contributed by atoms with Gasteiger partial charge >= 0.3 is 0 Å². The van der Waals surface area contributed by atoms with Gasteiger partial charge in [-0.1, -0.05) is 36.0 Å². The molecule has 2 heterocycles. The lowest BCUT2D eigenvalue weighted by Crippen LogP contribution is -2.22. The summed E-state index contributed by atoms with van der Waals surface area (Å²) < 4.78 is 5.71. The summed E-state index contributed by atoms with van der Waals surface area (Å²) >= 11 is 1.11. The van der Waals surface area contributed by atoms with Crippen LogP contribution in [-0.2, 0) is 4.79 Å². The van der Waals surface area contributed by atoms with Gasteiger partial charge in [0, 0.05) is 34.9 Å². The molecule has 1 amide bonds. The molecular weight excluding hydrogens is 394 g/mol. The Bertz CT molecular complexity index is 1200. The first-order valence-electron chi connectivity index (χ1n) is 8.63. The number of amides is 1. The molecule has 1 atom stereocenters. The van der Waals surface area contributed by atoms with Crippen molar-refractivity contribution in [1.29, 1.82) is 0 Å². The Morgan fingerprint density at radius 1 is 1.24 bits per heavy atom. The average molecular weight is 409 g/mol. The molecule has 0 aliphatic rings. The van der Waals surface area contributed by atoms with Gasteiger partial charge in [0.25, 0.3) is 16.8 Å². The molecule has 2 aromatic heterocycles. The fraction of sp³-hybridized carbons (Fsp3) is 0.105. The van der Waals surface area contributed by atoms with Crippen molar-refractivity contribution in [2.45, 2.75) is 17.4 Å². The predicted octanol–water partition coefficient (Wildman–Crippen LogP) is 4.25. The van der Waals surface area contributed by atoms with E-state index >= 15 is 0 Å². The van der Waals surface area contributed by atoms with Gasteiger partial charge in [0.2, 0.25) is 5.91 Å². The zero-order valence-electron chi connectivity index (χ0n) is 15.2. The van der Waals surface area contributed by atoms with E-state index in [0.717, 1.165) is 28.2 Å². The third kappa shape index (κ3) is 3.97. The summed E-state index contributed by atoms with van der Waals surface area (Å²) in [5.74, 6) is 0.0265. The fourth-order valence-electron chi connectivity index (χ4n) is 2.76. The molecule has 4 aromatic rings. The highest BCUT2D eigenvalue weighted by atomic mass is 32.2. The summed E-state index contributed by atoms with van der Waals surface area (Å²) in [5, 5.41) is 22.3. The Balaban J connectivity index is 1.45. The van der Waals surface area contributed by atoms with Crippen molar-refractivity contribution >= 4 is 39.9 Å². The van der Waals surface area contributed by atoms with E-state index < -0.39 is 10.2 Å². The first-order chi connectivity index (χ1) is 14.0. The Labute approximate surface area is 168 Å². The monoisotopic (exact) mass is 409 g/mol. The van der Waals surface area contributed by atoms with Crippen molar-refractivity contribution in [3.8, 4) is 11.5 Å². The van der Waals surface area contributed by atoms with Crippen molar-refractivity contribution in [2.24, 2.45) is 0 Å². The third-order valence-electron chi connectivity index (χ3n) is 4.20. The van der Waals surface area contributed by atoms with Crippen LogP contribution in [0.4, 0.5) is 11.4 Å². The van der Waals surface area contributed by atoms with E-state index in [0.29, 0.717) is 11.6 Å². The molecular formula is C19H15N5O4S. The third-order valence-corrected chi connectivity index (χ3v) is 5.13. The van der Waals surface area contributed by atoms with Crippen molar-refractivity contribution in [3.63, 3.8) is 0 Å². The molecule has 1 unspecified atom stereocenters. The number of rotatable bonds is 6. The maximum absolute atomic E-state index is 12.4. The van der Waals surface area contributed by atoms with Crippen molar-refractivity contribution in [2.75, 3.05) is 5.32 Å². The molecule has 0 fully saturated rings. The second-order valence-corrected chi connectivity index (χ2v) is 7.47. The summed E-state index contributed by atoms with van der Waals surface area (Å²) in [6.07, 6.45) is 1.80. The number of anilines is 1. The highest BCUT2D eigenvalue weighted by molar-refractivity contribution is 8.00. The number of non-ortho nitro benzene ring substituents is 1. The Kier molecular flexibility index (Phi) is 5.00. The van der Waals surface area contributed by atoms with Gasteiger partial charge in [0.15, 0.2) is 0 Å². The van der Waals surface area contributed by atoms with Crippen LogP contribution in [0.25, 0.3) is 22.4 Å². The summed E-state index contributed by atoms with van der Waals surface area (Å²) in [5.41, 5.74) is 2.00. The molecule has 2 N–H and O–H groups in total. The van der Waals surface area contributed by atoms with Gasteiger partial charge in [-0.2, -0.15) is 0 Å². The highest BCUT2D eigenvalue weighted by Crippen LogP contribution is 2.31. The van der Waals surface area contributed by atoms with Crippen LogP contribution in [0.5, 0.6) is 0 Å². The van der Waals surface area contributed by atoms with Gasteiger partial charge in [0.05, 0.1) is 15.7 Å². The van der Waals surface area contributed by atoms with Gasteiger partial charge in [-0.25, -0.2) is 0 Å². The molecule has 0 aliphatic carbocycles. The van der Waals surface area contributed by atoms with Crippen LogP contribution in [0.3, 0.4) is 0 Å². The Hall–Kier alpha value is -3.66. The van der Waals surface area contributed by atoms with Crippen LogP contribution < -0.4 is 5.32 Å². The minimum atomic E-state index is -0.550. The van der Waals surface area contributed by atoms with Crippen LogP contribution in [0.1, 0.15) is 6.92 Å². The van der Waals surface area contributed by atoms with Crippen LogP contribution in [-0.4, -0.2) is 31.3 Å². The van der Waals surface area contributed by atoms with E-state index in [4.69, 9.17) is 4.42 Å². The maximum atomic E-state index is 12.4. The van der Waals surface area contributed by atoms with E-state index in [-0.39, 0.29) is 16.8 Å². The highest BCUT2D eigenvalue weighted by Gasteiger charge is 2.20. The number of carbonyl (C=O) groups is 1. The van der Waals surface area contributed by atoms with E-state index in [2.05, 4.69) is 20.5 Å². The molecule has 0 saturated carbocycles. The number of H-pyrrole nitrogens is 1. The van der Waals surface area contributed by atoms with E-state index in [1.165, 1.54) is 18.2 Å². The number of benzene rings is 2. The van der Waals surface area contributed by atoms with Gasteiger partial charge in [-0.15, -0.1) is 10.2 Å². The van der Waals surface area contributed by atoms with Crippen LogP contribution >= 0.6 is 11.8 Å². The normalized spacial score (nSPS) is 12.0. The number of aromatic amines is 1. The molecule has 9 nitrogen and oxygen atoms in total. The average Bonchev–Trinajstić information content (AvgIpc) is 3.34. The molecule has 0 saturated heterocycles. The van der Waals surface area contributed by atoms with Crippen LogP contribution in [0, 0.1) is 10.1 Å². The van der Waals surface area contributed by atoms with Gasteiger partial charge in [0.1, 0.15) is 0 Å². The number of nitro groups is 1. The summed E-state index contributed by atoms with van der Waals surface area (Å²) in [6, 6.07) is 13.5. The SMILES string of the molecule is CC(Sc1nnc(-c2c[nH]c3ccccc23)o1)C(=O)Nc1cccc([N+](=O)[O-])c1. The number of thioether (sulfide) groups is 1. The molecule has 146 valence electrons. The van der Waals surface area contributed by atoms with Crippen LogP contribution in [0.15, 0.2) is 64.4 Å².